The first-order valence-electron chi connectivity index (χ1n) is 7.92. The van der Waals surface area contributed by atoms with E-state index in [0.717, 1.165) is 11.1 Å². The summed E-state index contributed by atoms with van der Waals surface area (Å²) in [5.74, 6) is 0. The van der Waals surface area contributed by atoms with Crippen molar-refractivity contribution < 1.29 is 8.42 Å². The maximum atomic E-state index is 12.9. The van der Waals surface area contributed by atoms with Crippen molar-refractivity contribution >= 4 is 9.84 Å². The first-order chi connectivity index (χ1) is 12.0. The van der Waals surface area contributed by atoms with Gasteiger partial charge in [-0.15, -0.1) is 0 Å². The Morgan fingerprint density at radius 1 is 1.04 bits per heavy atom. The third-order valence-electron chi connectivity index (χ3n) is 4.02. The van der Waals surface area contributed by atoms with Crippen LogP contribution in [0.4, 0.5) is 0 Å². The first-order valence-corrected chi connectivity index (χ1v) is 9.40. The fourth-order valence-electron chi connectivity index (χ4n) is 2.69. The molecule has 5 heteroatoms. The van der Waals surface area contributed by atoms with Crippen LogP contribution in [0.3, 0.4) is 0 Å². The van der Waals surface area contributed by atoms with Gasteiger partial charge in [0.1, 0.15) is 0 Å². The highest BCUT2D eigenvalue weighted by molar-refractivity contribution is 7.95. The summed E-state index contributed by atoms with van der Waals surface area (Å²) in [7, 11) is -3.62. The average molecular weight is 350 g/mol. The van der Waals surface area contributed by atoms with Crippen LogP contribution in [0, 0.1) is 18.3 Å². The summed E-state index contributed by atoms with van der Waals surface area (Å²) in [5, 5.41) is 9.30. The van der Waals surface area contributed by atoms with E-state index in [1.165, 1.54) is 0 Å². The number of nitriles is 1. The summed E-state index contributed by atoms with van der Waals surface area (Å²) in [5.41, 5.74) is 2.48. The van der Waals surface area contributed by atoms with Crippen LogP contribution in [0.1, 0.15) is 17.5 Å². The van der Waals surface area contributed by atoms with Gasteiger partial charge in [-0.25, -0.2) is 8.42 Å². The van der Waals surface area contributed by atoms with E-state index < -0.39 is 9.84 Å². The molecule has 0 saturated carbocycles. The molecule has 3 rings (SSSR count). The summed E-state index contributed by atoms with van der Waals surface area (Å²) >= 11 is 0. The van der Waals surface area contributed by atoms with E-state index in [1.54, 1.807) is 41.6 Å². The van der Waals surface area contributed by atoms with Gasteiger partial charge in [-0.05, 0) is 24.6 Å². The Labute approximate surface area is 148 Å². The topological polar surface area (TPSA) is 61.2 Å². The molecule has 0 amide bonds. The van der Waals surface area contributed by atoms with Crippen LogP contribution in [0.25, 0.3) is 0 Å². The Bertz CT molecular complexity index is 967. The molecular weight excluding hydrogens is 332 g/mol. The minimum absolute atomic E-state index is 0.123. The Kier molecular flexibility index (Phi) is 4.73. The molecule has 4 nitrogen and oxygen atoms in total. The number of hydrogen-bond acceptors (Lipinski definition) is 4. The second-order valence-electron chi connectivity index (χ2n) is 6.01. The molecule has 1 aliphatic heterocycles. The van der Waals surface area contributed by atoms with Gasteiger partial charge in [-0.2, -0.15) is 5.26 Å². The number of aryl methyl sites for hydroxylation is 1. The molecule has 0 aliphatic carbocycles. The fourth-order valence-corrected chi connectivity index (χ4v) is 4.11. The van der Waals surface area contributed by atoms with Gasteiger partial charge < -0.3 is 4.90 Å². The lowest BCUT2D eigenvalue weighted by Crippen LogP contribution is -2.18. The molecule has 2 aromatic rings. The largest absolute Gasteiger partial charge is 0.348 e. The van der Waals surface area contributed by atoms with Gasteiger partial charge in [-0.1, -0.05) is 48.0 Å². The van der Waals surface area contributed by atoms with Crippen molar-refractivity contribution in [1.82, 2.24) is 4.90 Å². The maximum absolute atomic E-state index is 12.9. The van der Waals surface area contributed by atoms with Gasteiger partial charge in [0.15, 0.2) is 0 Å². The van der Waals surface area contributed by atoms with E-state index in [4.69, 9.17) is 0 Å². The number of benzene rings is 2. The number of nitrogens with zero attached hydrogens (tertiary/aromatic N) is 2. The van der Waals surface area contributed by atoms with Crippen LogP contribution in [0.15, 0.2) is 82.4 Å². The molecule has 0 aromatic heterocycles. The summed E-state index contributed by atoms with van der Waals surface area (Å²) in [6, 6.07) is 18.6. The molecule has 0 fully saturated rings. The Morgan fingerprint density at radius 2 is 1.72 bits per heavy atom. The number of rotatable bonds is 4. The van der Waals surface area contributed by atoms with E-state index in [1.807, 2.05) is 37.3 Å². The Morgan fingerprint density at radius 3 is 2.36 bits per heavy atom. The molecule has 0 radical (unpaired) electrons. The SMILES string of the molecule is Cc1ccc(S(=O)(=O)C2=CN(Cc3ccccc3)C=C(C#N)C2)cc1. The van der Waals surface area contributed by atoms with Crippen molar-refractivity contribution in [3.8, 4) is 6.07 Å². The number of sulfone groups is 1. The predicted octanol–water partition coefficient (Wildman–Crippen LogP) is 3.92. The number of allylic oxidation sites excluding steroid dienone is 2. The molecule has 2 aromatic carbocycles. The predicted molar refractivity (Wildman–Crippen MR) is 96.7 cm³/mol. The lowest BCUT2D eigenvalue weighted by atomic mass is 10.1. The van der Waals surface area contributed by atoms with Gasteiger partial charge in [0, 0.05) is 25.4 Å². The molecule has 0 unspecified atom stereocenters. The summed E-state index contributed by atoms with van der Waals surface area (Å²) in [4.78, 5) is 2.26. The Hall–Kier alpha value is -2.84. The summed E-state index contributed by atoms with van der Waals surface area (Å²) in [6.07, 6.45) is 3.46. The third kappa shape index (κ3) is 3.81. The highest BCUT2D eigenvalue weighted by Crippen LogP contribution is 2.29. The zero-order valence-corrected chi connectivity index (χ0v) is 14.7. The van der Waals surface area contributed by atoms with E-state index in [9.17, 15) is 13.7 Å². The lowest BCUT2D eigenvalue weighted by Gasteiger charge is -2.23. The zero-order chi connectivity index (χ0) is 17.9. The van der Waals surface area contributed by atoms with Crippen LogP contribution in [0.2, 0.25) is 0 Å². The van der Waals surface area contributed by atoms with Gasteiger partial charge in [0.25, 0.3) is 0 Å². The number of hydrogen-bond donors (Lipinski definition) is 0. The molecule has 1 aliphatic rings. The summed E-state index contributed by atoms with van der Waals surface area (Å²) < 4.78 is 25.9. The molecular formula is C20H18N2O2S. The fraction of sp³-hybridized carbons (Fsp3) is 0.150. The van der Waals surface area contributed by atoms with Crippen molar-refractivity contribution in [3.63, 3.8) is 0 Å². The van der Waals surface area contributed by atoms with E-state index in [2.05, 4.69) is 6.07 Å². The van der Waals surface area contributed by atoms with Crippen LogP contribution < -0.4 is 0 Å². The quantitative estimate of drug-likeness (QED) is 0.838. The second-order valence-corrected chi connectivity index (χ2v) is 8.02. The standard InChI is InChI=1S/C20H18N2O2S/c1-16-7-9-19(10-8-16)25(23,24)20-11-18(12-21)14-22(15-20)13-17-5-3-2-4-6-17/h2-10,14-15H,11,13H2,1H3. The van der Waals surface area contributed by atoms with Crippen molar-refractivity contribution in [1.29, 1.82) is 5.26 Å². The summed E-state index contributed by atoms with van der Waals surface area (Å²) in [6.45, 7) is 2.42. The van der Waals surface area contributed by atoms with Crippen molar-refractivity contribution in [2.24, 2.45) is 0 Å². The van der Waals surface area contributed by atoms with E-state index in [0.29, 0.717) is 12.1 Å². The highest BCUT2D eigenvalue weighted by Gasteiger charge is 2.25. The molecule has 0 N–H and O–H groups in total. The molecule has 0 saturated heterocycles. The normalized spacial score (nSPS) is 14.5. The van der Waals surface area contributed by atoms with Crippen molar-refractivity contribution in [2.75, 3.05) is 0 Å². The van der Waals surface area contributed by atoms with Gasteiger partial charge >= 0.3 is 0 Å². The lowest BCUT2D eigenvalue weighted by molar-refractivity contribution is 0.486. The molecule has 0 spiro atoms. The first kappa shape index (κ1) is 17.0. The Balaban J connectivity index is 1.94. The van der Waals surface area contributed by atoms with E-state index >= 15 is 0 Å². The van der Waals surface area contributed by atoms with Crippen LogP contribution in [0.5, 0.6) is 0 Å². The average Bonchev–Trinajstić information content (AvgIpc) is 2.62. The third-order valence-corrected chi connectivity index (χ3v) is 5.86. The van der Waals surface area contributed by atoms with Gasteiger partial charge in [0.2, 0.25) is 9.84 Å². The molecule has 25 heavy (non-hydrogen) atoms. The second kappa shape index (κ2) is 6.96. The molecule has 1 heterocycles. The zero-order valence-electron chi connectivity index (χ0n) is 13.9. The van der Waals surface area contributed by atoms with Crippen LogP contribution >= 0.6 is 0 Å². The van der Waals surface area contributed by atoms with Gasteiger partial charge in [0.05, 0.1) is 21.4 Å². The monoisotopic (exact) mass is 350 g/mol. The van der Waals surface area contributed by atoms with Crippen molar-refractivity contribution in [3.05, 3.63) is 88.6 Å². The maximum Gasteiger partial charge on any atom is 0.204 e. The van der Waals surface area contributed by atoms with Crippen molar-refractivity contribution in [2.45, 2.75) is 24.8 Å². The minimum atomic E-state index is -3.62. The molecule has 0 atom stereocenters. The van der Waals surface area contributed by atoms with Crippen LogP contribution in [-0.2, 0) is 16.4 Å². The molecule has 126 valence electrons. The molecule has 0 bridgehead atoms. The van der Waals surface area contributed by atoms with Crippen LogP contribution in [-0.4, -0.2) is 13.3 Å². The minimum Gasteiger partial charge on any atom is -0.348 e. The smallest absolute Gasteiger partial charge is 0.204 e. The van der Waals surface area contributed by atoms with Gasteiger partial charge in [-0.3, -0.25) is 0 Å². The van der Waals surface area contributed by atoms with E-state index in [-0.39, 0.29) is 16.2 Å². The highest BCUT2D eigenvalue weighted by atomic mass is 32.2.